The summed E-state index contributed by atoms with van der Waals surface area (Å²) < 4.78 is 11.8. The van der Waals surface area contributed by atoms with Gasteiger partial charge in [0.2, 0.25) is 0 Å². The van der Waals surface area contributed by atoms with Gasteiger partial charge in [0.1, 0.15) is 17.3 Å². The van der Waals surface area contributed by atoms with E-state index in [-0.39, 0.29) is 23.2 Å². The highest BCUT2D eigenvalue weighted by Crippen LogP contribution is 2.75. The van der Waals surface area contributed by atoms with Gasteiger partial charge in [-0.2, -0.15) is 0 Å². The summed E-state index contributed by atoms with van der Waals surface area (Å²) in [4.78, 5) is 26.7. The fraction of sp³-hybridized carbons (Fsp3) is 0.600. The molecule has 0 spiro atoms. The predicted octanol–water partition coefficient (Wildman–Crippen LogP) is 4.47. The summed E-state index contributed by atoms with van der Waals surface area (Å²) >= 11 is 0. The molecular weight excluding hydrogens is 364 g/mol. The number of carbonyl (C=O) groups is 1. The summed E-state index contributed by atoms with van der Waals surface area (Å²) in [6.07, 6.45) is 5.31. The zero-order valence-corrected chi connectivity index (χ0v) is 16.7. The van der Waals surface area contributed by atoms with Crippen LogP contribution >= 0.6 is 0 Å². The van der Waals surface area contributed by atoms with Gasteiger partial charge in [0.05, 0.1) is 12.0 Å². The number of carbonyl (C=O) groups excluding carboxylic acids is 1. The van der Waals surface area contributed by atoms with Crippen molar-refractivity contribution in [2.75, 3.05) is 6.61 Å². The molecule has 0 N–H and O–H groups in total. The van der Waals surface area contributed by atoms with Gasteiger partial charge in [-0.15, -0.1) is 0 Å². The van der Waals surface area contributed by atoms with Gasteiger partial charge in [-0.1, -0.05) is 12.1 Å². The maximum absolute atomic E-state index is 13.6. The van der Waals surface area contributed by atoms with Crippen LogP contribution < -0.4 is 5.43 Å². The van der Waals surface area contributed by atoms with Crippen molar-refractivity contribution in [3.63, 3.8) is 0 Å². The SMILES string of the molecule is CCOC(=O)[C@@H]1c2oc3ccccc3c(=O)c2[C@H]2[C@H]3C[C@H]([C@H]4[C@@H]5CC[C@@H](C5)[C@@H]34)[C@H]21. The minimum Gasteiger partial charge on any atom is -0.465 e. The van der Waals surface area contributed by atoms with Crippen molar-refractivity contribution in [1.29, 1.82) is 0 Å². The van der Waals surface area contributed by atoms with Crippen molar-refractivity contribution in [3.8, 4) is 0 Å². The molecule has 4 fully saturated rings. The molecule has 1 heterocycles. The molecule has 0 radical (unpaired) electrons. The predicted molar refractivity (Wildman–Crippen MR) is 107 cm³/mol. The summed E-state index contributed by atoms with van der Waals surface area (Å²) in [5, 5.41) is 0.654. The zero-order chi connectivity index (χ0) is 19.4. The second kappa shape index (κ2) is 5.53. The maximum Gasteiger partial charge on any atom is 0.316 e. The first kappa shape index (κ1) is 16.7. The van der Waals surface area contributed by atoms with Crippen LogP contribution in [-0.4, -0.2) is 12.6 Å². The molecule has 29 heavy (non-hydrogen) atoms. The Bertz CT molecular complexity index is 1100. The Hall–Kier alpha value is -2.10. The van der Waals surface area contributed by atoms with Crippen LogP contribution in [0.1, 0.15) is 55.8 Å². The fourth-order valence-corrected chi connectivity index (χ4v) is 8.88. The molecule has 0 saturated heterocycles. The molecule has 4 saturated carbocycles. The van der Waals surface area contributed by atoms with Crippen LogP contribution in [0, 0.1) is 41.4 Å². The minimum absolute atomic E-state index is 0.0934. The highest BCUT2D eigenvalue weighted by atomic mass is 16.5. The molecule has 0 unspecified atom stereocenters. The van der Waals surface area contributed by atoms with Gasteiger partial charge in [-0.25, -0.2) is 0 Å². The molecule has 4 nitrogen and oxygen atoms in total. The highest BCUT2D eigenvalue weighted by molar-refractivity contribution is 5.83. The summed E-state index contributed by atoms with van der Waals surface area (Å²) in [5.41, 5.74) is 1.51. The van der Waals surface area contributed by atoms with E-state index < -0.39 is 5.92 Å². The molecule has 5 aliphatic carbocycles. The van der Waals surface area contributed by atoms with E-state index in [1.807, 2.05) is 31.2 Å². The quantitative estimate of drug-likeness (QED) is 0.561. The van der Waals surface area contributed by atoms with Crippen molar-refractivity contribution >= 4 is 16.9 Å². The third-order valence-corrected chi connectivity index (χ3v) is 9.35. The van der Waals surface area contributed by atoms with Crippen molar-refractivity contribution in [2.45, 2.75) is 44.4 Å². The summed E-state index contributed by atoms with van der Waals surface area (Å²) in [6.45, 7) is 2.22. The molecule has 0 amide bonds. The fourth-order valence-electron chi connectivity index (χ4n) is 8.88. The molecular formula is C25H26O4. The number of hydrogen-bond donors (Lipinski definition) is 0. The van der Waals surface area contributed by atoms with E-state index in [0.29, 0.717) is 35.2 Å². The lowest BCUT2D eigenvalue weighted by Crippen LogP contribution is -2.38. The summed E-state index contributed by atoms with van der Waals surface area (Å²) in [5.74, 6) is 4.73. The van der Waals surface area contributed by atoms with Gasteiger partial charge in [0.15, 0.2) is 5.43 Å². The smallest absolute Gasteiger partial charge is 0.316 e. The van der Waals surface area contributed by atoms with Crippen LogP contribution in [0.5, 0.6) is 0 Å². The zero-order valence-electron chi connectivity index (χ0n) is 16.7. The molecule has 7 rings (SSSR count). The van der Waals surface area contributed by atoms with Gasteiger partial charge in [0.25, 0.3) is 0 Å². The number of benzene rings is 1. The Morgan fingerprint density at radius 1 is 1.07 bits per heavy atom. The Kier molecular flexibility index (Phi) is 3.18. The molecule has 150 valence electrons. The van der Waals surface area contributed by atoms with Gasteiger partial charge in [-0.3, -0.25) is 9.59 Å². The van der Waals surface area contributed by atoms with E-state index >= 15 is 0 Å². The van der Waals surface area contributed by atoms with Crippen molar-refractivity contribution in [1.82, 2.24) is 0 Å². The van der Waals surface area contributed by atoms with E-state index in [9.17, 15) is 9.59 Å². The Morgan fingerprint density at radius 3 is 2.62 bits per heavy atom. The minimum atomic E-state index is -0.401. The lowest BCUT2D eigenvalue weighted by molar-refractivity contribution is -0.147. The summed E-state index contributed by atoms with van der Waals surface area (Å²) in [6, 6.07) is 7.49. The van der Waals surface area contributed by atoms with Gasteiger partial charge >= 0.3 is 5.97 Å². The average molecular weight is 390 g/mol. The molecule has 4 heteroatoms. The molecule has 4 bridgehead atoms. The van der Waals surface area contributed by atoms with Gasteiger partial charge in [-0.05, 0) is 92.1 Å². The van der Waals surface area contributed by atoms with Crippen molar-refractivity contribution < 1.29 is 13.9 Å². The number of fused-ring (bicyclic) bond motifs is 15. The lowest BCUT2D eigenvalue weighted by Gasteiger charge is -2.41. The van der Waals surface area contributed by atoms with Crippen molar-refractivity contribution in [3.05, 3.63) is 45.8 Å². The molecule has 5 aliphatic rings. The number of esters is 1. The number of para-hydroxylation sites is 1. The second-order valence-corrected chi connectivity index (χ2v) is 10.1. The van der Waals surface area contributed by atoms with E-state index in [1.54, 1.807) is 0 Å². The molecule has 1 aromatic carbocycles. The lowest BCUT2D eigenvalue weighted by atomic mass is 9.62. The van der Waals surface area contributed by atoms with Crippen LogP contribution in [0.3, 0.4) is 0 Å². The number of ether oxygens (including phenoxy) is 1. The third kappa shape index (κ3) is 1.87. The second-order valence-electron chi connectivity index (χ2n) is 10.1. The van der Waals surface area contributed by atoms with Crippen LogP contribution in [0.4, 0.5) is 0 Å². The maximum atomic E-state index is 13.6. The largest absolute Gasteiger partial charge is 0.465 e. The Labute approximate surface area is 169 Å². The molecule has 0 aliphatic heterocycles. The first-order chi connectivity index (χ1) is 14.2. The van der Waals surface area contributed by atoms with Gasteiger partial charge in [0, 0.05) is 5.56 Å². The van der Waals surface area contributed by atoms with E-state index in [4.69, 9.17) is 9.15 Å². The monoisotopic (exact) mass is 390 g/mol. The van der Waals surface area contributed by atoms with Gasteiger partial charge < -0.3 is 9.15 Å². The molecule has 2 aromatic rings. The van der Waals surface area contributed by atoms with E-state index in [0.717, 1.165) is 29.2 Å². The normalized spacial score (nSPS) is 42.9. The van der Waals surface area contributed by atoms with Crippen LogP contribution in [0.25, 0.3) is 11.0 Å². The standard InChI is InChI=1S/C25H26O4/c1-2-28-25(27)22-20-15-10-14(17-11-7-8-12(9-11)18(15)17)19(20)21-23(26)13-5-3-4-6-16(13)29-24(21)22/h3-6,11-12,14-15,17-20,22H,2,7-10H2,1H3/t11-,12+,14-,15+,17-,18+,19-,20+,22-/m0/s1. The Morgan fingerprint density at radius 2 is 1.83 bits per heavy atom. The number of hydrogen-bond acceptors (Lipinski definition) is 4. The summed E-state index contributed by atoms with van der Waals surface area (Å²) in [7, 11) is 0. The first-order valence-corrected chi connectivity index (χ1v) is 11.4. The average Bonchev–Trinajstić information content (AvgIpc) is 3.50. The first-order valence-electron chi connectivity index (χ1n) is 11.4. The highest BCUT2D eigenvalue weighted by Gasteiger charge is 2.70. The topological polar surface area (TPSA) is 56.5 Å². The van der Waals surface area contributed by atoms with Crippen molar-refractivity contribution in [2.24, 2.45) is 41.4 Å². The molecule has 9 atom stereocenters. The third-order valence-electron chi connectivity index (χ3n) is 9.35. The Balaban J connectivity index is 1.45. The van der Waals surface area contributed by atoms with Crippen LogP contribution in [0.2, 0.25) is 0 Å². The number of rotatable bonds is 2. The van der Waals surface area contributed by atoms with Crippen LogP contribution in [-0.2, 0) is 9.53 Å². The van der Waals surface area contributed by atoms with E-state index in [1.165, 1.54) is 25.7 Å². The van der Waals surface area contributed by atoms with Crippen LogP contribution in [0.15, 0.2) is 33.5 Å². The van der Waals surface area contributed by atoms with E-state index in [2.05, 4.69) is 0 Å². The molecule has 1 aromatic heterocycles.